The van der Waals surface area contributed by atoms with Crippen LogP contribution in [-0.2, 0) is 13.2 Å². The monoisotopic (exact) mass is 449 g/mol. The van der Waals surface area contributed by atoms with Gasteiger partial charge in [-0.05, 0) is 66.9 Å². The summed E-state index contributed by atoms with van der Waals surface area (Å²) in [5.74, 6) is 1.01. The first-order valence-corrected chi connectivity index (χ1v) is 10.3. The predicted molar refractivity (Wildman–Crippen MR) is 122 cm³/mol. The molecule has 0 aliphatic heterocycles. The molecule has 0 heterocycles. The fraction of sp³-hybridized carbons (Fsp3) is 0.217. The second-order valence-corrected chi connectivity index (χ2v) is 7.97. The number of aryl methyl sites for hydroxylation is 2. The van der Waals surface area contributed by atoms with Gasteiger partial charge in [-0.1, -0.05) is 46.9 Å². The van der Waals surface area contributed by atoms with Gasteiger partial charge < -0.3 is 14.8 Å². The number of nitrogens with one attached hydrogen (secondary N) is 1. The van der Waals surface area contributed by atoms with E-state index in [1.54, 1.807) is 25.3 Å². The molecule has 0 saturated heterocycles. The zero-order chi connectivity index (χ0) is 21.0. The van der Waals surface area contributed by atoms with Crippen LogP contribution in [0.4, 0.5) is 5.69 Å². The summed E-state index contributed by atoms with van der Waals surface area (Å²) in [6, 6.07) is 15.4. The van der Waals surface area contributed by atoms with E-state index < -0.39 is 0 Å². The third-order valence-corrected chi connectivity index (χ3v) is 5.70. The van der Waals surface area contributed by atoms with Crippen molar-refractivity contribution < 1.29 is 9.47 Å². The van der Waals surface area contributed by atoms with Crippen LogP contribution in [0.2, 0.25) is 15.1 Å². The van der Waals surface area contributed by atoms with Crippen molar-refractivity contribution in [3.05, 3.63) is 85.9 Å². The van der Waals surface area contributed by atoms with Crippen molar-refractivity contribution in [1.82, 2.24) is 0 Å². The maximum absolute atomic E-state index is 6.49. The molecule has 152 valence electrons. The van der Waals surface area contributed by atoms with Crippen molar-refractivity contribution in [3.63, 3.8) is 0 Å². The van der Waals surface area contributed by atoms with Gasteiger partial charge in [0.1, 0.15) is 6.61 Å². The van der Waals surface area contributed by atoms with Gasteiger partial charge in [0.2, 0.25) is 0 Å². The number of methoxy groups -OCH3 is 1. The average molecular weight is 451 g/mol. The first-order valence-electron chi connectivity index (χ1n) is 9.12. The number of hydrogen-bond acceptors (Lipinski definition) is 3. The largest absolute Gasteiger partial charge is 0.493 e. The van der Waals surface area contributed by atoms with Gasteiger partial charge in [-0.25, -0.2) is 0 Å². The van der Waals surface area contributed by atoms with Crippen molar-refractivity contribution in [3.8, 4) is 11.5 Å². The van der Waals surface area contributed by atoms with Crippen molar-refractivity contribution >= 4 is 40.5 Å². The summed E-state index contributed by atoms with van der Waals surface area (Å²) in [6.07, 6.45) is 0. The number of benzene rings is 3. The Morgan fingerprint density at radius 1 is 0.862 bits per heavy atom. The summed E-state index contributed by atoms with van der Waals surface area (Å²) >= 11 is 18.9. The van der Waals surface area contributed by atoms with Gasteiger partial charge in [0.25, 0.3) is 0 Å². The number of rotatable bonds is 7. The first kappa shape index (κ1) is 21.6. The molecule has 0 aliphatic rings. The van der Waals surface area contributed by atoms with Crippen LogP contribution in [0.3, 0.4) is 0 Å². The number of halogens is 3. The van der Waals surface area contributed by atoms with E-state index in [1.165, 1.54) is 11.1 Å². The molecule has 29 heavy (non-hydrogen) atoms. The van der Waals surface area contributed by atoms with Crippen LogP contribution < -0.4 is 14.8 Å². The first-order chi connectivity index (χ1) is 13.9. The normalized spacial score (nSPS) is 10.7. The van der Waals surface area contributed by atoms with Crippen LogP contribution in [0.5, 0.6) is 11.5 Å². The topological polar surface area (TPSA) is 30.5 Å². The molecule has 0 fully saturated rings. The molecular weight excluding hydrogens is 429 g/mol. The summed E-state index contributed by atoms with van der Waals surface area (Å²) in [4.78, 5) is 0. The number of anilines is 1. The quantitative estimate of drug-likeness (QED) is 0.405. The van der Waals surface area contributed by atoms with E-state index in [-0.39, 0.29) is 6.61 Å². The molecule has 3 rings (SSSR count). The zero-order valence-corrected chi connectivity index (χ0v) is 18.8. The Balaban J connectivity index is 1.75. The SMILES string of the molecule is COc1cc(CNc2ccc(C)c(C)c2)cc(Cl)c1OCc1c(Cl)cccc1Cl. The molecule has 0 bridgehead atoms. The van der Waals surface area contributed by atoms with Gasteiger partial charge in [0, 0.05) is 27.8 Å². The Morgan fingerprint density at radius 3 is 2.24 bits per heavy atom. The Labute approximate surface area is 186 Å². The molecule has 3 nitrogen and oxygen atoms in total. The second-order valence-electron chi connectivity index (χ2n) is 6.75. The maximum Gasteiger partial charge on any atom is 0.180 e. The Bertz CT molecular complexity index is 1000. The summed E-state index contributed by atoms with van der Waals surface area (Å²) in [5, 5.41) is 4.96. The van der Waals surface area contributed by atoms with Crippen molar-refractivity contribution in [2.75, 3.05) is 12.4 Å². The van der Waals surface area contributed by atoms with E-state index in [9.17, 15) is 0 Å². The number of hydrogen-bond donors (Lipinski definition) is 1. The molecule has 1 N–H and O–H groups in total. The van der Waals surface area contributed by atoms with E-state index in [0.29, 0.717) is 38.7 Å². The fourth-order valence-corrected chi connectivity index (χ4v) is 3.68. The lowest BCUT2D eigenvalue weighted by Crippen LogP contribution is -2.03. The fourth-order valence-electron chi connectivity index (χ4n) is 2.89. The van der Waals surface area contributed by atoms with Crippen LogP contribution in [0.15, 0.2) is 48.5 Å². The predicted octanol–water partition coefficient (Wildman–Crippen LogP) is 7.46. The minimum atomic E-state index is 0.189. The standard InChI is InChI=1S/C23H22Cl3NO2/c1-14-7-8-17(9-15(14)2)27-12-16-10-21(26)23(22(11-16)28-3)29-13-18-19(24)5-4-6-20(18)25/h4-11,27H,12-13H2,1-3H3. The minimum absolute atomic E-state index is 0.189. The molecule has 0 radical (unpaired) electrons. The molecular formula is C23H22Cl3NO2. The smallest absolute Gasteiger partial charge is 0.180 e. The molecule has 0 aromatic heterocycles. The van der Waals surface area contributed by atoms with Gasteiger partial charge in [0.05, 0.1) is 12.1 Å². The molecule has 0 atom stereocenters. The van der Waals surface area contributed by atoms with Gasteiger partial charge in [-0.3, -0.25) is 0 Å². The van der Waals surface area contributed by atoms with Crippen LogP contribution in [0, 0.1) is 13.8 Å². The third-order valence-electron chi connectivity index (χ3n) is 4.72. The van der Waals surface area contributed by atoms with Crippen LogP contribution >= 0.6 is 34.8 Å². The summed E-state index contributed by atoms with van der Waals surface area (Å²) in [7, 11) is 1.58. The lowest BCUT2D eigenvalue weighted by molar-refractivity contribution is 0.284. The van der Waals surface area contributed by atoms with E-state index in [1.807, 2.05) is 12.1 Å². The highest BCUT2D eigenvalue weighted by molar-refractivity contribution is 6.36. The number of ether oxygens (including phenoxy) is 2. The van der Waals surface area contributed by atoms with Crippen LogP contribution in [0.1, 0.15) is 22.3 Å². The third kappa shape index (κ3) is 5.30. The van der Waals surface area contributed by atoms with E-state index in [2.05, 4.69) is 37.4 Å². The van der Waals surface area contributed by atoms with E-state index in [0.717, 1.165) is 11.3 Å². The zero-order valence-electron chi connectivity index (χ0n) is 16.5. The van der Waals surface area contributed by atoms with Gasteiger partial charge in [0.15, 0.2) is 11.5 Å². The Kier molecular flexibility index (Phi) is 7.18. The van der Waals surface area contributed by atoms with Crippen molar-refractivity contribution in [1.29, 1.82) is 0 Å². The molecule has 0 amide bonds. The van der Waals surface area contributed by atoms with Crippen molar-refractivity contribution in [2.45, 2.75) is 27.0 Å². The average Bonchev–Trinajstić information content (AvgIpc) is 2.69. The highest BCUT2D eigenvalue weighted by Gasteiger charge is 2.14. The van der Waals surface area contributed by atoms with Gasteiger partial charge in [-0.15, -0.1) is 0 Å². The van der Waals surface area contributed by atoms with Crippen LogP contribution in [-0.4, -0.2) is 7.11 Å². The molecule has 0 saturated carbocycles. The van der Waals surface area contributed by atoms with Crippen LogP contribution in [0.25, 0.3) is 0 Å². The Morgan fingerprint density at radius 2 is 1.59 bits per heavy atom. The lowest BCUT2D eigenvalue weighted by atomic mass is 10.1. The highest BCUT2D eigenvalue weighted by atomic mass is 35.5. The van der Waals surface area contributed by atoms with E-state index in [4.69, 9.17) is 44.3 Å². The summed E-state index contributed by atoms with van der Waals surface area (Å²) in [5.41, 5.74) is 5.24. The lowest BCUT2D eigenvalue weighted by Gasteiger charge is -2.16. The summed E-state index contributed by atoms with van der Waals surface area (Å²) in [6.45, 7) is 4.99. The molecule has 3 aromatic rings. The molecule has 6 heteroatoms. The minimum Gasteiger partial charge on any atom is -0.493 e. The van der Waals surface area contributed by atoms with E-state index >= 15 is 0 Å². The maximum atomic E-state index is 6.49. The van der Waals surface area contributed by atoms with Crippen molar-refractivity contribution in [2.24, 2.45) is 0 Å². The summed E-state index contributed by atoms with van der Waals surface area (Å²) < 4.78 is 11.4. The molecule has 0 aliphatic carbocycles. The van der Waals surface area contributed by atoms with Gasteiger partial charge >= 0.3 is 0 Å². The second kappa shape index (κ2) is 9.62. The molecule has 0 unspecified atom stereocenters. The van der Waals surface area contributed by atoms with Gasteiger partial charge in [-0.2, -0.15) is 0 Å². The molecule has 3 aromatic carbocycles. The Hall–Kier alpha value is -2.07. The highest BCUT2D eigenvalue weighted by Crippen LogP contribution is 2.38. The molecule has 0 spiro atoms.